The number of hydrogen-bond acceptors (Lipinski definition) is 3. The van der Waals surface area contributed by atoms with Gasteiger partial charge in [0, 0.05) is 58.2 Å². The molecule has 0 radical (unpaired) electrons. The van der Waals surface area contributed by atoms with Crippen LogP contribution in [0, 0.1) is 5.82 Å². The number of rotatable bonds is 5. The van der Waals surface area contributed by atoms with E-state index in [4.69, 9.17) is 0 Å². The van der Waals surface area contributed by atoms with Crippen molar-refractivity contribution in [1.29, 1.82) is 0 Å². The van der Waals surface area contributed by atoms with Crippen molar-refractivity contribution in [2.75, 3.05) is 44.2 Å². The molecule has 4 rings (SSSR count). The van der Waals surface area contributed by atoms with Crippen LogP contribution in [-0.4, -0.2) is 59.5 Å². The molecule has 0 spiro atoms. The second kappa shape index (κ2) is 8.31. The van der Waals surface area contributed by atoms with Gasteiger partial charge in [0.15, 0.2) is 0 Å². The number of piperazine rings is 1. The van der Waals surface area contributed by atoms with Gasteiger partial charge in [0.1, 0.15) is 5.82 Å². The molecule has 0 N–H and O–H groups in total. The number of unbranched alkanes of at least 4 members (excludes halogenated alkanes) is 1. The Morgan fingerprint density at radius 2 is 1.69 bits per heavy atom. The molecule has 1 fully saturated rings. The number of nitrogens with zero attached hydrogens (tertiary/aromatic N) is 4. The summed E-state index contributed by atoms with van der Waals surface area (Å²) in [5.41, 5.74) is 4.03. The van der Waals surface area contributed by atoms with E-state index in [9.17, 15) is 9.18 Å². The fraction of sp³-hybridized carbons (Fsp3) is 0.435. The number of benzene rings is 1. The highest BCUT2D eigenvalue weighted by Gasteiger charge is 2.29. The van der Waals surface area contributed by atoms with Crippen molar-refractivity contribution in [2.24, 2.45) is 7.05 Å². The van der Waals surface area contributed by atoms with E-state index in [1.165, 1.54) is 12.1 Å². The number of halogens is 1. The average molecular weight is 397 g/mol. The number of carbonyl (C=O) groups excluding carboxylic acids is 1. The second-order valence-corrected chi connectivity index (χ2v) is 7.83. The van der Waals surface area contributed by atoms with Gasteiger partial charge in [-0.1, -0.05) is 13.3 Å². The maximum absolute atomic E-state index is 13.2. The molecule has 0 unspecified atom stereocenters. The Balaban J connectivity index is 1.54. The first kappa shape index (κ1) is 19.6. The van der Waals surface area contributed by atoms with Crippen LogP contribution in [0.15, 0.2) is 42.6 Å². The Hall–Kier alpha value is -2.76. The van der Waals surface area contributed by atoms with Crippen molar-refractivity contribution in [1.82, 2.24) is 14.4 Å². The van der Waals surface area contributed by atoms with Gasteiger partial charge in [-0.15, -0.1) is 0 Å². The Labute approximate surface area is 172 Å². The van der Waals surface area contributed by atoms with Gasteiger partial charge in [-0.05, 0) is 42.8 Å². The number of amides is 1. The van der Waals surface area contributed by atoms with E-state index in [0.29, 0.717) is 6.54 Å². The van der Waals surface area contributed by atoms with Crippen LogP contribution in [-0.2, 0) is 7.05 Å². The molecule has 1 amide bonds. The number of carbonyl (C=O) groups is 1. The molecule has 0 saturated carbocycles. The average Bonchev–Trinajstić information content (AvgIpc) is 3.05. The molecule has 154 valence electrons. The number of aryl methyl sites for hydroxylation is 1. The van der Waals surface area contributed by atoms with Crippen LogP contribution in [0.3, 0.4) is 0 Å². The molecule has 0 atom stereocenters. The van der Waals surface area contributed by atoms with Crippen molar-refractivity contribution in [3.63, 3.8) is 0 Å². The highest BCUT2D eigenvalue weighted by Crippen LogP contribution is 2.29. The normalized spacial score (nSPS) is 17.3. The Kier molecular flexibility index (Phi) is 5.60. The standard InChI is InChI=1S/C23H29FN4O/c1-3-4-11-28-13-10-21(22-20(23(28)29)9-12-25(22)2)27-16-14-26(15-17-27)19-7-5-18(24)6-8-19/h5-10,12H,3-4,11,13-17H2,1-2H3. The molecule has 5 nitrogen and oxygen atoms in total. The quantitative estimate of drug-likeness (QED) is 0.774. The molecule has 1 aromatic carbocycles. The minimum absolute atomic E-state index is 0.130. The Bertz CT molecular complexity index is 894. The molecular formula is C23H29FN4O. The van der Waals surface area contributed by atoms with Gasteiger partial charge >= 0.3 is 0 Å². The van der Waals surface area contributed by atoms with E-state index < -0.39 is 0 Å². The molecular weight excluding hydrogens is 367 g/mol. The summed E-state index contributed by atoms with van der Waals surface area (Å²) in [6, 6.07) is 8.67. The van der Waals surface area contributed by atoms with Crippen LogP contribution in [0.5, 0.6) is 0 Å². The van der Waals surface area contributed by atoms with E-state index in [0.717, 1.165) is 68.2 Å². The third-order valence-corrected chi connectivity index (χ3v) is 5.93. The van der Waals surface area contributed by atoms with Gasteiger partial charge in [-0.2, -0.15) is 0 Å². The van der Waals surface area contributed by atoms with Crippen molar-refractivity contribution in [3.8, 4) is 0 Å². The van der Waals surface area contributed by atoms with Crippen LogP contribution in [0.25, 0.3) is 5.70 Å². The lowest BCUT2D eigenvalue weighted by Gasteiger charge is -2.38. The van der Waals surface area contributed by atoms with Crippen LogP contribution >= 0.6 is 0 Å². The number of fused-ring (bicyclic) bond motifs is 1. The molecule has 0 aliphatic carbocycles. The zero-order valence-electron chi connectivity index (χ0n) is 17.3. The molecule has 1 aromatic heterocycles. The Morgan fingerprint density at radius 3 is 2.38 bits per heavy atom. The van der Waals surface area contributed by atoms with Crippen molar-refractivity contribution >= 4 is 17.3 Å². The first-order chi connectivity index (χ1) is 14.1. The van der Waals surface area contributed by atoms with Gasteiger partial charge in [0.2, 0.25) is 0 Å². The van der Waals surface area contributed by atoms with Crippen LogP contribution in [0.2, 0.25) is 0 Å². The van der Waals surface area contributed by atoms with E-state index in [1.807, 2.05) is 36.3 Å². The highest BCUT2D eigenvalue weighted by molar-refractivity contribution is 5.99. The van der Waals surface area contributed by atoms with Crippen molar-refractivity contribution in [2.45, 2.75) is 19.8 Å². The summed E-state index contributed by atoms with van der Waals surface area (Å²) in [6.07, 6.45) is 6.29. The molecule has 1 saturated heterocycles. The van der Waals surface area contributed by atoms with Crippen LogP contribution in [0.4, 0.5) is 10.1 Å². The van der Waals surface area contributed by atoms with E-state index in [2.05, 4.69) is 27.4 Å². The summed E-state index contributed by atoms with van der Waals surface area (Å²) in [4.78, 5) is 19.7. The first-order valence-electron chi connectivity index (χ1n) is 10.5. The predicted molar refractivity (Wildman–Crippen MR) is 114 cm³/mol. The smallest absolute Gasteiger partial charge is 0.256 e. The lowest BCUT2D eigenvalue weighted by molar-refractivity contribution is 0.0773. The monoisotopic (exact) mass is 396 g/mol. The SMILES string of the molecule is CCCCN1CC=C(N2CCN(c3ccc(F)cc3)CC2)c2c(ccn2C)C1=O. The van der Waals surface area contributed by atoms with Crippen molar-refractivity contribution in [3.05, 3.63) is 59.7 Å². The van der Waals surface area contributed by atoms with Gasteiger partial charge in [-0.25, -0.2) is 4.39 Å². The third-order valence-electron chi connectivity index (χ3n) is 5.93. The maximum atomic E-state index is 13.2. The molecule has 2 aliphatic rings. The van der Waals surface area contributed by atoms with E-state index >= 15 is 0 Å². The first-order valence-corrected chi connectivity index (χ1v) is 10.5. The number of hydrogen-bond donors (Lipinski definition) is 0. The lowest BCUT2D eigenvalue weighted by atomic mass is 10.1. The topological polar surface area (TPSA) is 31.7 Å². The molecule has 29 heavy (non-hydrogen) atoms. The summed E-state index contributed by atoms with van der Waals surface area (Å²) in [5, 5.41) is 0. The van der Waals surface area contributed by atoms with Gasteiger partial charge in [-0.3, -0.25) is 4.79 Å². The fourth-order valence-corrected chi connectivity index (χ4v) is 4.25. The van der Waals surface area contributed by atoms with Crippen molar-refractivity contribution < 1.29 is 9.18 Å². The third kappa shape index (κ3) is 3.88. The predicted octanol–water partition coefficient (Wildman–Crippen LogP) is 3.58. The summed E-state index contributed by atoms with van der Waals surface area (Å²) in [5.74, 6) is -0.0743. The summed E-state index contributed by atoms with van der Waals surface area (Å²) in [6.45, 7) is 7.09. The van der Waals surface area contributed by atoms with Crippen LogP contribution in [0.1, 0.15) is 35.8 Å². The van der Waals surface area contributed by atoms with E-state index in [1.54, 1.807) is 0 Å². The minimum atomic E-state index is -0.204. The minimum Gasteiger partial charge on any atom is -0.368 e. The van der Waals surface area contributed by atoms with Gasteiger partial charge in [0.05, 0.1) is 17.0 Å². The summed E-state index contributed by atoms with van der Waals surface area (Å²) >= 11 is 0. The zero-order valence-corrected chi connectivity index (χ0v) is 17.3. The zero-order chi connectivity index (χ0) is 20.4. The lowest BCUT2D eigenvalue weighted by Crippen LogP contribution is -2.45. The maximum Gasteiger partial charge on any atom is 0.256 e. The van der Waals surface area contributed by atoms with E-state index in [-0.39, 0.29) is 11.7 Å². The molecule has 6 heteroatoms. The molecule has 0 bridgehead atoms. The summed E-state index contributed by atoms with van der Waals surface area (Å²) < 4.78 is 15.3. The van der Waals surface area contributed by atoms with Gasteiger partial charge < -0.3 is 19.3 Å². The highest BCUT2D eigenvalue weighted by atomic mass is 19.1. The molecule has 3 heterocycles. The largest absolute Gasteiger partial charge is 0.368 e. The number of aromatic nitrogens is 1. The van der Waals surface area contributed by atoms with Crippen LogP contribution < -0.4 is 4.90 Å². The number of anilines is 1. The molecule has 2 aliphatic heterocycles. The molecule has 2 aromatic rings. The Morgan fingerprint density at radius 1 is 1.00 bits per heavy atom. The fourth-order valence-electron chi connectivity index (χ4n) is 4.25. The summed E-state index contributed by atoms with van der Waals surface area (Å²) in [7, 11) is 2.01. The van der Waals surface area contributed by atoms with Gasteiger partial charge in [0.25, 0.3) is 5.91 Å². The second-order valence-electron chi connectivity index (χ2n) is 7.83.